The number of nitrogens with zero attached hydrogens (tertiary/aromatic N) is 3. The summed E-state index contributed by atoms with van der Waals surface area (Å²) >= 11 is 0. The minimum atomic E-state index is 0.901. The first-order valence-corrected chi connectivity index (χ1v) is 19.8. The van der Waals surface area contributed by atoms with Crippen molar-refractivity contribution in [2.45, 2.75) is 0 Å². The predicted molar refractivity (Wildman–Crippen MR) is 242 cm³/mol. The van der Waals surface area contributed by atoms with Gasteiger partial charge >= 0.3 is 0 Å². The van der Waals surface area contributed by atoms with Crippen LogP contribution in [-0.4, -0.2) is 13.7 Å². The van der Waals surface area contributed by atoms with E-state index in [1.807, 2.05) is 6.07 Å². The Morgan fingerprint density at radius 1 is 0.241 bits per heavy atom. The molecule has 0 unspecified atom stereocenters. The molecule has 4 heterocycles. The molecule has 0 aliphatic rings. The lowest BCUT2D eigenvalue weighted by Gasteiger charge is -2.12. The van der Waals surface area contributed by atoms with E-state index in [1.54, 1.807) is 0 Å². The Labute approximate surface area is 332 Å². The molecule has 0 radical (unpaired) electrons. The van der Waals surface area contributed by atoms with Crippen LogP contribution in [0.15, 0.2) is 205 Å². The number of rotatable bonds is 4. The number of benzene rings is 9. The average molecular weight is 740 g/mol. The number of para-hydroxylation sites is 5. The zero-order valence-corrected chi connectivity index (χ0v) is 31.3. The molecule has 0 saturated heterocycles. The quantitative estimate of drug-likeness (QED) is 0.177. The van der Waals surface area contributed by atoms with E-state index in [1.165, 1.54) is 65.5 Å². The van der Waals surface area contributed by atoms with E-state index in [0.717, 1.165) is 50.0 Å². The van der Waals surface area contributed by atoms with Crippen LogP contribution < -0.4 is 0 Å². The lowest BCUT2D eigenvalue weighted by Crippen LogP contribution is -1.97. The summed E-state index contributed by atoms with van der Waals surface area (Å²) in [5.41, 5.74) is 14.6. The van der Waals surface area contributed by atoms with E-state index in [9.17, 15) is 0 Å². The highest BCUT2D eigenvalue weighted by atomic mass is 16.3. The summed E-state index contributed by atoms with van der Waals surface area (Å²) < 4.78 is 13.7. The van der Waals surface area contributed by atoms with E-state index in [4.69, 9.17) is 4.42 Å². The average Bonchev–Trinajstić information content (AvgIpc) is 4.01. The molecule has 9 aromatic carbocycles. The number of aromatic nitrogens is 3. The first kappa shape index (κ1) is 31.4. The van der Waals surface area contributed by atoms with Crippen molar-refractivity contribution < 1.29 is 4.42 Å². The molecule has 4 heteroatoms. The van der Waals surface area contributed by atoms with Gasteiger partial charge in [0.2, 0.25) is 0 Å². The van der Waals surface area contributed by atoms with E-state index in [0.29, 0.717) is 0 Å². The van der Waals surface area contributed by atoms with Crippen LogP contribution in [0.3, 0.4) is 0 Å². The SMILES string of the molecule is c1ccc(-n2c3ccccc3c3ccc(-c4ccc(-n5c6cc(-n7c8ccccc8c8ccccc87)ccc6c6cc7oc8ccccc8c7cc65)cc4)cc32)cc1. The molecule has 0 fully saturated rings. The summed E-state index contributed by atoms with van der Waals surface area (Å²) in [6.07, 6.45) is 0. The van der Waals surface area contributed by atoms with Gasteiger partial charge in [0.25, 0.3) is 0 Å². The van der Waals surface area contributed by atoms with E-state index < -0.39 is 0 Å². The van der Waals surface area contributed by atoms with Crippen molar-refractivity contribution in [1.29, 1.82) is 0 Å². The zero-order valence-electron chi connectivity index (χ0n) is 31.3. The molecule has 0 atom stereocenters. The van der Waals surface area contributed by atoms with Gasteiger partial charge in [-0.1, -0.05) is 121 Å². The van der Waals surface area contributed by atoms with Crippen LogP contribution in [0.25, 0.3) is 116 Å². The fourth-order valence-corrected chi connectivity index (χ4v) is 9.65. The Bertz CT molecular complexity index is 3730. The zero-order chi connectivity index (χ0) is 37.9. The molecule has 4 nitrogen and oxygen atoms in total. The molecule has 0 bridgehead atoms. The van der Waals surface area contributed by atoms with Crippen molar-refractivity contribution in [3.05, 3.63) is 200 Å². The molecule has 0 aliphatic carbocycles. The maximum atomic E-state index is 6.44. The Kier molecular flexibility index (Phi) is 6.41. The molecule has 58 heavy (non-hydrogen) atoms. The lowest BCUT2D eigenvalue weighted by atomic mass is 10.0. The molecule has 4 aromatic heterocycles. The monoisotopic (exact) mass is 739 g/mol. The van der Waals surface area contributed by atoms with Crippen LogP contribution >= 0.6 is 0 Å². The number of hydrogen-bond acceptors (Lipinski definition) is 1. The van der Waals surface area contributed by atoms with Crippen LogP contribution in [0, 0.1) is 0 Å². The fraction of sp³-hybridized carbons (Fsp3) is 0. The Hall–Kier alpha value is -7.82. The van der Waals surface area contributed by atoms with Gasteiger partial charge in [-0.15, -0.1) is 0 Å². The first-order valence-electron chi connectivity index (χ1n) is 19.8. The second-order valence-corrected chi connectivity index (χ2v) is 15.3. The lowest BCUT2D eigenvalue weighted by molar-refractivity contribution is 0.669. The van der Waals surface area contributed by atoms with E-state index in [-0.39, 0.29) is 0 Å². The standard InChI is InChI=1S/C54H33N3O/c1-2-12-36(13-3-1)55-47-18-8-6-16-41(47)42-28-24-35(30-50(42)55)34-22-25-37(26-23-34)56-51-31-38(57-48-19-9-4-14-39(48)40-15-5-10-20-49(40)57)27-29-43(51)45-33-54-46(32-52(45)56)44-17-7-11-21-53(44)58-54/h1-33H. The second-order valence-electron chi connectivity index (χ2n) is 15.3. The maximum absolute atomic E-state index is 6.44. The first-order chi connectivity index (χ1) is 28.8. The summed E-state index contributed by atoms with van der Waals surface area (Å²) in [6, 6.07) is 72.6. The highest BCUT2D eigenvalue weighted by Gasteiger charge is 2.20. The van der Waals surface area contributed by atoms with Gasteiger partial charge in [-0.05, 0) is 90.0 Å². The molecule has 0 amide bonds. The van der Waals surface area contributed by atoms with Gasteiger partial charge in [0.15, 0.2) is 0 Å². The summed E-state index contributed by atoms with van der Waals surface area (Å²) in [5, 5.41) is 9.61. The Morgan fingerprint density at radius 3 is 1.41 bits per heavy atom. The molecular formula is C54H33N3O. The van der Waals surface area contributed by atoms with Crippen molar-refractivity contribution in [3.63, 3.8) is 0 Å². The molecule has 13 rings (SSSR count). The van der Waals surface area contributed by atoms with Crippen molar-refractivity contribution in [1.82, 2.24) is 13.7 Å². The van der Waals surface area contributed by atoms with Crippen LogP contribution in [0.4, 0.5) is 0 Å². The van der Waals surface area contributed by atoms with Gasteiger partial charge < -0.3 is 18.1 Å². The summed E-state index contributed by atoms with van der Waals surface area (Å²) in [5.74, 6) is 0. The molecule has 13 aromatic rings. The number of fused-ring (bicyclic) bond motifs is 12. The smallest absolute Gasteiger partial charge is 0.136 e. The molecule has 0 spiro atoms. The maximum Gasteiger partial charge on any atom is 0.136 e. The fourth-order valence-electron chi connectivity index (χ4n) is 9.65. The molecule has 0 saturated carbocycles. The largest absolute Gasteiger partial charge is 0.456 e. The van der Waals surface area contributed by atoms with Crippen LogP contribution in [0.1, 0.15) is 0 Å². The predicted octanol–water partition coefficient (Wildman–Crippen LogP) is 14.5. The summed E-state index contributed by atoms with van der Waals surface area (Å²) in [4.78, 5) is 0. The normalized spacial score (nSPS) is 12.1. The van der Waals surface area contributed by atoms with Gasteiger partial charge in [-0.3, -0.25) is 0 Å². The molecule has 0 aliphatic heterocycles. The highest BCUT2D eigenvalue weighted by Crippen LogP contribution is 2.41. The van der Waals surface area contributed by atoms with Gasteiger partial charge in [-0.25, -0.2) is 0 Å². The van der Waals surface area contributed by atoms with E-state index in [2.05, 4.69) is 208 Å². The number of hydrogen-bond donors (Lipinski definition) is 0. The highest BCUT2D eigenvalue weighted by molar-refractivity contribution is 6.18. The third-order valence-corrected chi connectivity index (χ3v) is 12.2. The second kappa shape index (κ2) is 11.8. The van der Waals surface area contributed by atoms with Crippen molar-refractivity contribution >= 4 is 87.4 Å². The van der Waals surface area contributed by atoms with Crippen molar-refractivity contribution in [3.8, 4) is 28.2 Å². The Balaban J connectivity index is 1.03. The molecule has 270 valence electrons. The van der Waals surface area contributed by atoms with Crippen molar-refractivity contribution in [2.24, 2.45) is 0 Å². The summed E-state index contributed by atoms with van der Waals surface area (Å²) in [6.45, 7) is 0. The third-order valence-electron chi connectivity index (χ3n) is 12.2. The summed E-state index contributed by atoms with van der Waals surface area (Å²) in [7, 11) is 0. The van der Waals surface area contributed by atoms with E-state index >= 15 is 0 Å². The minimum absolute atomic E-state index is 0.901. The Morgan fingerprint density at radius 2 is 0.707 bits per heavy atom. The van der Waals surface area contributed by atoms with Crippen LogP contribution in [0.5, 0.6) is 0 Å². The molecular weight excluding hydrogens is 707 g/mol. The van der Waals surface area contributed by atoms with Gasteiger partial charge in [0, 0.05) is 60.2 Å². The topological polar surface area (TPSA) is 27.9 Å². The molecule has 0 N–H and O–H groups in total. The number of furan rings is 1. The third kappa shape index (κ3) is 4.40. The van der Waals surface area contributed by atoms with Gasteiger partial charge in [-0.2, -0.15) is 0 Å². The van der Waals surface area contributed by atoms with Crippen LogP contribution in [-0.2, 0) is 0 Å². The van der Waals surface area contributed by atoms with Gasteiger partial charge in [0.05, 0.1) is 33.1 Å². The van der Waals surface area contributed by atoms with Crippen LogP contribution in [0.2, 0.25) is 0 Å². The van der Waals surface area contributed by atoms with Crippen molar-refractivity contribution in [2.75, 3.05) is 0 Å². The van der Waals surface area contributed by atoms with Gasteiger partial charge in [0.1, 0.15) is 11.2 Å². The minimum Gasteiger partial charge on any atom is -0.456 e.